The van der Waals surface area contributed by atoms with Crippen LogP contribution in [0.15, 0.2) is 51.8 Å². The van der Waals surface area contributed by atoms with Crippen LogP contribution >= 0.6 is 27.7 Å². The molecule has 9 heteroatoms. The molecular formula is C23H22BrNO6S. The van der Waals surface area contributed by atoms with E-state index in [0.717, 1.165) is 22.2 Å². The van der Waals surface area contributed by atoms with E-state index in [1.54, 1.807) is 25.1 Å². The molecule has 32 heavy (non-hydrogen) atoms. The molecule has 0 atom stereocenters. The SMILES string of the molecule is CCOC(=O)CN1C(=O)S/C(=C/c2cc(Br)c(OCc3ccccc3)c(OCC)c2)C1=O. The molecule has 1 saturated heterocycles. The molecule has 0 aromatic heterocycles. The first-order chi connectivity index (χ1) is 15.4. The minimum absolute atomic E-state index is 0.178. The maximum absolute atomic E-state index is 12.6. The van der Waals surface area contributed by atoms with E-state index in [1.165, 1.54) is 0 Å². The van der Waals surface area contributed by atoms with E-state index in [9.17, 15) is 14.4 Å². The van der Waals surface area contributed by atoms with Crippen LogP contribution in [-0.4, -0.2) is 41.8 Å². The lowest BCUT2D eigenvalue weighted by Gasteiger charge is -2.15. The van der Waals surface area contributed by atoms with E-state index in [4.69, 9.17) is 14.2 Å². The smallest absolute Gasteiger partial charge is 0.326 e. The Morgan fingerprint density at radius 2 is 1.84 bits per heavy atom. The van der Waals surface area contributed by atoms with Crippen molar-refractivity contribution in [3.05, 3.63) is 63.0 Å². The first-order valence-corrected chi connectivity index (χ1v) is 11.6. The van der Waals surface area contributed by atoms with E-state index in [2.05, 4.69) is 15.9 Å². The first-order valence-electron chi connectivity index (χ1n) is 9.97. The summed E-state index contributed by atoms with van der Waals surface area (Å²) in [6, 6.07) is 13.3. The Hall–Kier alpha value is -2.78. The van der Waals surface area contributed by atoms with Crippen LogP contribution < -0.4 is 9.47 Å². The lowest BCUT2D eigenvalue weighted by atomic mass is 10.1. The summed E-state index contributed by atoms with van der Waals surface area (Å²) in [5.74, 6) is -0.109. The number of hydrogen-bond donors (Lipinski definition) is 0. The third-order valence-electron chi connectivity index (χ3n) is 4.32. The molecule has 0 spiro atoms. The summed E-state index contributed by atoms with van der Waals surface area (Å²) < 4.78 is 17.2. The minimum Gasteiger partial charge on any atom is -0.490 e. The number of ether oxygens (including phenoxy) is 3. The highest BCUT2D eigenvalue weighted by atomic mass is 79.9. The van der Waals surface area contributed by atoms with Gasteiger partial charge in [0, 0.05) is 0 Å². The molecule has 168 valence electrons. The predicted molar refractivity (Wildman–Crippen MR) is 125 cm³/mol. The molecule has 1 aliphatic heterocycles. The Bertz CT molecular complexity index is 1040. The number of rotatable bonds is 9. The summed E-state index contributed by atoms with van der Waals surface area (Å²) in [5, 5.41) is -0.513. The zero-order valence-corrected chi connectivity index (χ0v) is 20.0. The fourth-order valence-electron chi connectivity index (χ4n) is 2.93. The number of esters is 1. The van der Waals surface area contributed by atoms with Crippen LogP contribution in [0.3, 0.4) is 0 Å². The number of amides is 2. The monoisotopic (exact) mass is 519 g/mol. The molecule has 2 amide bonds. The standard InChI is InChI=1S/C23H22BrNO6S/c1-3-29-18-11-16(10-17(24)21(18)31-14-15-8-6-5-7-9-15)12-19-22(27)25(23(28)32-19)13-20(26)30-4-2/h5-12H,3-4,13-14H2,1-2H3/b19-12+. The van der Waals surface area contributed by atoms with Crippen molar-refractivity contribution in [2.75, 3.05) is 19.8 Å². The maximum atomic E-state index is 12.6. The molecule has 1 heterocycles. The lowest BCUT2D eigenvalue weighted by molar-refractivity contribution is -0.145. The summed E-state index contributed by atoms with van der Waals surface area (Å²) in [5.41, 5.74) is 1.66. The van der Waals surface area contributed by atoms with E-state index in [1.807, 2.05) is 37.3 Å². The Kier molecular flexibility index (Phi) is 8.35. The summed E-state index contributed by atoms with van der Waals surface area (Å²) in [6.07, 6.45) is 1.59. The molecule has 0 N–H and O–H groups in total. The van der Waals surface area contributed by atoms with Crippen LogP contribution in [0.1, 0.15) is 25.0 Å². The predicted octanol–water partition coefficient (Wildman–Crippen LogP) is 5.03. The largest absolute Gasteiger partial charge is 0.490 e. The van der Waals surface area contributed by atoms with Crippen LogP contribution in [0.2, 0.25) is 0 Å². The zero-order chi connectivity index (χ0) is 23.1. The van der Waals surface area contributed by atoms with Crippen LogP contribution in [-0.2, 0) is 20.9 Å². The second-order valence-corrected chi connectivity index (χ2v) is 8.46. The number of halogens is 1. The number of carbonyl (C=O) groups is 3. The topological polar surface area (TPSA) is 82.1 Å². The van der Waals surface area contributed by atoms with Crippen molar-refractivity contribution in [1.82, 2.24) is 4.90 Å². The van der Waals surface area contributed by atoms with Crippen LogP contribution in [0, 0.1) is 0 Å². The van der Waals surface area contributed by atoms with Gasteiger partial charge in [-0.1, -0.05) is 30.3 Å². The van der Waals surface area contributed by atoms with Gasteiger partial charge in [0.05, 0.1) is 22.6 Å². The van der Waals surface area contributed by atoms with Gasteiger partial charge >= 0.3 is 5.97 Å². The Morgan fingerprint density at radius 1 is 1.09 bits per heavy atom. The van der Waals surface area contributed by atoms with Crippen molar-refractivity contribution >= 4 is 50.9 Å². The average molecular weight is 520 g/mol. The Labute approximate surface area is 198 Å². The summed E-state index contributed by atoms with van der Waals surface area (Å²) in [4.78, 5) is 37.6. The van der Waals surface area contributed by atoms with Gasteiger partial charge < -0.3 is 14.2 Å². The van der Waals surface area contributed by atoms with Crippen molar-refractivity contribution < 1.29 is 28.6 Å². The minimum atomic E-state index is -0.627. The number of thioether (sulfide) groups is 1. The Balaban J connectivity index is 1.82. The number of imide groups is 1. The lowest BCUT2D eigenvalue weighted by Crippen LogP contribution is -2.34. The first kappa shape index (κ1) is 23.9. The molecule has 1 aliphatic rings. The maximum Gasteiger partial charge on any atom is 0.326 e. The van der Waals surface area contributed by atoms with Gasteiger partial charge in [0.1, 0.15) is 13.2 Å². The summed E-state index contributed by atoms with van der Waals surface area (Å²) in [6.45, 7) is 4.09. The van der Waals surface area contributed by atoms with Gasteiger partial charge in [-0.3, -0.25) is 19.3 Å². The number of nitrogens with zero attached hydrogens (tertiary/aromatic N) is 1. The number of benzene rings is 2. The number of hydrogen-bond acceptors (Lipinski definition) is 7. The van der Waals surface area contributed by atoms with Crippen molar-refractivity contribution in [1.29, 1.82) is 0 Å². The molecule has 0 aliphatic carbocycles. The van der Waals surface area contributed by atoms with Gasteiger partial charge in [-0.2, -0.15) is 0 Å². The van der Waals surface area contributed by atoms with Crippen molar-refractivity contribution in [2.45, 2.75) is 20.5 Å². The quantitative estimate of drug-likeness (QED) is 0.339. The molecular weight excluding hydrogens is 498 g/mol. The van der Waals surface area contributed by atoms with Crippen LogP contribution in [0.5, 0.6) is 11.5 Å². The van der Waals surface area contributed by atoms with Crippen molar-refractivity contribution in [3.63, 3.8) is 0 Å². The molecule has 0 radical (unpaired) electrons. The average Bonchev–Trinajstić information content (AvgIpc) is 3.01. The van der Waals surface area contributed by atoms with Crippen LogP contribution in [0.25, 0.3) is 6.08 Å². The molecule has 1 fully saturated rings. The molecule has 0 unspecified atom stereocenters. The van der Waals surface area contributed by atoms with Gasteiger partial charge in [-0.25, -0.2) is 0 Å². The molecule has 2 aromatic carbocycles. The van der Waals surface area contributed by atoms with Crippen molar-refractivity contribution in [2.24, 2.45) is 0 Å². The van der Waals surface area contributed by atoms with Crippen molar-refractivity contribution in [3.8, 4) is 11.5 Å². The normalized spacial score (nSPS) is 14.7. The molecule has 3 rings (SSSR count). The second-order valence-electron chi connectivity index (χ2n) is 6.61. The van der Waals surface area contributed by atoms with E-state index >= 15 is 0 Å². The number of carbonyl (C=O) groups excluding carboxylic acids is 3. The third kappa shape index (κ3) is 5.92. The van der Waals surface area contributed by atoms with Gasteiger partial charge in [-0.05, 0) is 70.9 Å². The van der Waals surface area contributed by atoms with E-state index in [-0.39, 0.29) is 11.5 Å². The summed E-state index contributed by atoms with van der Waals surface area (Å²) in [7, 11) is 0. The van der Waals surface area contributed by atoms with Gasteiger partial charge in [0.2, 0.25) is 0 Å². The highest BCUT2D eigenvalue weighted by Crippen LogP contribution is 2.39. The highest BCUT2D eigenvalue weighted by molar-refractivity contribution is 9.10. The molecule has 2 aromatic rings. The second kappa shape index (κ2) is 11.2. The zero-order valence-electron chi connectivity index (χ0n) is 17.6. The molecule has 0 bridgehead atoms. The fraction of sp³-hybridized carbons (Fsp3) is 0.261. The fourth-order valence-corrected chi connectivity index (χ4v) is 4.34. The van der Waals surface area contributed by atoms with E-state index in [0.29, 0.717) is 34.7 Å². The summed E-state index contributed by atoms with van der Waals surface area (Å²) >= 11 is 4.29. The van der Waals surface area contributed by atoms with Crippen LogP contribution in [0.4, 0.5) is 4.79 Å². The molecule has 0 saturated carbocycles. The highest BCUT2D eigenvalue weighted by Gasteiger charge is 2.36. The third-order valence-corrected chi connectivity index (χ3v) is 5.82. The van der Waals surface area contributed by atoms with Gasteiger partial charge in [0.15, 0.2) is 11.5 Å². The van der Waals surface area contributed by atoms with E-state index < -0.39 is 23.7 Å². The van der Waals surface area contributed by atoms with Gasteiger partial charge in [0.25, 0.3) is 11.1 Å². The Morgan fingerprint density at radius 3 is 2.53 bits per heavy atom. The molecule has 7 nitrogen and oxygen atoms in total. The van der Waals surface area contributed by atoms with Gasteiger partial charge in [-0.15, -0.1) is 0 Å².